The van der Waals surface area contributed by atoms with Crippen molar-refractivity contribution in [2.75, 3.05) is 20.1 Å². The maximum Gasteiger partial charge on any atom is 0.138 e. The standard InChI is InChI=1S/C5H12N/c1-4-6(3)5-2/h1,4-5H2,2-3H3/q+1. The molecule has 1 heteroatoms. The van der Waals surface area contributed by atoms with Crippen LogP contribution in [0.1, 0.15) is 6.92 Å². The highest BCUT2D eigenvalue weighted by Gasteiger charge is 1.87. The van der Waals surface area contributed by atoms with Gasteiger partial charge in [0, 0.05) is 0 Å². The summed E-state index contributed by atoms with van der Waals surface area (Å²) >= 11 is 0. The van der Waals surface area contributed by atoms with Gasteiger partial charge in [0.25, 0.3) is 0 Å². The summed E-state index contributed by atoms with van der Waals surface area (Å²) < 4.78 is 0. The Hall–Kier alpha value is -0.170. The summed E-state index contributed by atoms with van der Waals surface area (Å²) in [6.45, 7) is 7.81. The summed E-state index contributed by atoms with van der Waals surface area (Å²) in [7, 11) is 2.05. The SMILES string of the molecule is [CH2+]CN(C)CC. The van der Waals surface area contributed by atoms with Crippen LogP contribution in [0, 0.1) is 6.92 Å². The Bertz CT molecular complexity index is 23.1. The summed E-state index contributed by atoms with van der Waals surface area (Å²) in [5.41, 5.74) is 0. The predicted octanol–water partition coefficient (Wildman–Crippen LogP) is 0.772. The Morgan fingerprint density at radius 1 is 1.67 bits per heavy atom. The smallest absolute Gasteiger partial charge is 0.138 e. The molecule has 0 rings (SSSR count). The van der Waals surface area contributed by atoms with Crippen LogP contribution in [0.4, 0.5) is 0 Å². The molecule has 0 saturated carbocycles. The minimum absolute atomic E-state index is 0.913. The number of hydrogen-bond acceptors (Lipinski definition) is 1. The van der Waals surface area contributed by atoms with Crippen molar-refractivity contribution >= 4 is 0 Å². The van der Waals surface area contributed by atoms with Gasteiger partial charge in [-0.05, 0) is 13.6 Å². The first-order valence-corrected chi connectivity index (χ1v) is 2.29. The van der Waals surface area contributed by atoms with E-state index in [9.17, 15) is 0 Å². The lowest BCUT2D eigenvalue weighted by Gasteiger charge is -2.02. The fourth-order valence-corrected chi connectivity index (χ4v) is 0.158. The number of hydrogen-bond donors (Lipinski definition) is 0. The average molecular weight is 86.2 g/mol. The number of rotatable bonds is 2. The lowest BCUT2D eigenvalue weighted by atomic mass is 10.6. The maximum absolute atomic E-state index is 3.68. The highest BCUT2D eigenvalue weighted by atomic mass is 15.1. The van der Waals surface area contributed by atoms with E-state index in [2.05, 4.69) is 18.7 Å². The van der Waals surface area contributed by atoms with Gasteiger partial charge in [0.2, 0.25) is 0 Å². The Morgan fingerprint density at radius 3 is 2.17 bits per heavy atom. The monoisotopic (exact) mass is 86.1 g/mol. The summed E-state index contributed by atoms with van der Waals surface area (Å²) in [6, 6.07) is 0. The highest BCUT2D eigenvalue weighted by molar-refractivity contribution is 4.45. The molecule has 0 spiro atoms. The van der Waals surface area contributed by atoms with E-state index in [1.54, 1.807) is 0 Å². The van der Waals surface area contributed by atoms with Crippen LogP contribution in [-0.2, 0) is 0 Å². The first-order chi connectivity index (χ1) is 2.81. The molecule has 0 heterocycles. The van der Waals surface area contributed by atoms with Crippen LogP contribution in [0.5, 0.6) is 0 Å². The quantitative estimate of drug-likeness (QED) is 0.449. The van der Waals surface area contributed by atoms with Gasteiger partial charge in [-0.25, -0.2) is 0 Å². The van der Waals surface area contributed by atoms with Crippen molar-refractivity contribution in [3.05, 3.63) is 6.92 Å². The summed E-state index contributed by atoms with van der Waals surface area (Å²) in [5.74, 6) is 0. The van der Waals surface area contributed by atoms with Gasteiger partial charge in [-0.2, -0.15) is 0 Å². The molecule has 0 aliphatic rings. The highest BCUT2D eigenvalue weighted by Crippen LogP contribution is 1.73. The Balaban J connectivity index is 2.75. The van der Waals surface area contributed by atoms with E-state index in [-0.39, 0.29) is 0 Å². The Labute approximate surface area is 40.0 Å². The van der Waals surface area contributed by atoms with E-state index >= 15 is 0 Å². The third kappa shape index (κ3) is 2.09. The molecule has 0 aromatic carbocycles. The molecule has 0 aromatic heterocycles. The second-order valence-electron chi connectivity index (χ2n) is 1.40. The predicted molar refractivity (Wildman–Crippen MR) is 28.5 cm³/mol. The zero-order valence-corrected chi connectivity index (χ0v) is 4.57. The van der Waals surface area contributed by atoms with Crippen LogP contribution in [0.25, 0.3) is 0 Å². The molecular formula is C5H12N+. The molecule has 1 nitrogen and oxygen atoms in total. The molecule has 36 valence electrons. The first-order valence-electron chi connectivity index (χ1n) is 2.29. The molecule has 0 aliphatic heterocycles. The van der Waals surface area contributed by atoms with Crippen molar-refractivity contribution in [1.82, 2.24) is 4.90 Å². The van der Waals surface area contributed by atoms with Crippen LogP contribution in [0.3, 0.4) is 0 Å². The molecule has 0 radical (unpaired) electrons. The third-order valence-corrected chi connectivity index (χ3v) is 0.922. The largest absolute Gasteiger partial charge is 0.269 e. The average Bonchev–Trinajstić information content (AvgIpc) is 1.65. The summed E-state index contributed by atoms with van der Waals surface area (Å²) in [6.07, 6.45) is 0. The molecule has 0 aromatic rings. The molecule has 0 amide bonds. The zero-order valence-electron chi connectivity index (χ0n) is 4.57. The fraction of sp³-hybridized carbons (Fsp3) is 0.800. The molecule has 0 bridgehead atoms. The zero-order chi connectivity index (χ0) is 4.99. The van der Waals surface area contributed by atoms with Gasteiger partial charge < -0.3 is 0 Å². The lowest BCUT2D eigenvalue weighted by Crippen LogP contribution is -2.15. The summed E-state index contributed by atoms with van der Waals surface area (Å²) in [4.78, 5) is 2.14. The number of nitrogens with zero attached hydrogens (tertiary/aromatic N) is 1. The topological polar surface area (TPSA) is 3.24 Å². The molecule has 0 fully saturated rings. The molecule has 0 aliphatic carbocycles. The van der Waals surface area contributed by atoms with Crippen LogP contribution >= 0.6 is 0 Å². The van der Waals surface area contributed by atoms with Gasteiger partial charge in [0.15, 0.2) is 0 Å². The van der Waals surface area contributed by atoms with Gasteiger partial charge in [0.05, 0.1) is 6.92 Å². The second-order valence-corrected chi connectivity index (χ2v) is 1.40. The van der Waals surface area contributed by atoms with Crippen LogP contribution in [0.15, 0.2) is 0 Å². The van der Waals surface area contributed by atoms with E-state index in [0.717, 1.165) is 13.1 Å². The molecule has 0 atom stereocenters. The van der Waals surface area contributed by atoms with E-state index in [4.69, 9.17) is 0 Å². The van der Waals surface area contributed by atoms with E-state index < -0.39 is 0 Å². The van der Waals surface area contributed by atoms with Crippen LogP contribution in [0.2, 0.25) is 0 Å². The minimum Gasteiger partial charge on any atom is -0.269 e. The van der Waals surface area contributed by atoms with Gasteiger partial charge >= 0.3 is 0 Å². The summed E-state index contributed by atoms with van der Waals surface area (Å²) in [5, 5.41) is 0. The van der Waals surface area contributed by atoms with Gasteiger partial charge in [0.1, 0.15) is 6.54 Å². The first kappa shape index (κ1) is 5.83. The fourth-order valence-electron chi connectivity index (χ4n) is 0.158. The van der Waals surface area contributed by atoms with Crippen molar-refractivity contribution in [1.29, 1.82) is 0 Å². The van der Waals surface area contributed by atoms with E-state index in [1.165, 1.54) is 0 Å². The maximum atomic E-state index is 3.68. The normalized spacial score (nSPS) is 9.83. The van der Waals surface area contributed by atoms with E-state index in [0.29, 0.717) is 0 Å². The Morgan fingerprint density at radius 2 is 2.17 bits per heavy atom. The second kappa shape index (κ2) is 3.04. The molecule has 0 saturated heterocycles. The van der Waals surface area contributed by atoms with Gasteiger partial charge in [-0.15, -0.1) is 0 Å². The van der Waals surface area contributed by atoms with Crippen LogP contribution in [-0.4, -0.2) is 25.0 Å². The van der Waals surface area contributed by atoms with Crippen molar-refractivity contribution in [2.24, 2.45) is 0 Å². The molecule has 6 heavy (non-hydrogen) atoms. The molecule has 0 N–H and O–H groups in total. The van der Waals surface area contributed by atoms with Gasteiger partial charge in [-0.1, -0.05) is 6.92 Å². The molecular weight excluding hydrogens is 74.1 g/mol. The third-order valence-electron chi connectivity index (χ3n) is 0.922. The van der Waals surface area contributed by atoms with Gasteiger partial charge in [-0.3, -0.25) is 4.90 Å². The minimum atomic E-state index is 0.913. The van der Waals surface area contributed by atoms with Crippen molar-refractivity contribution < 1.29 is 0 Å². The van der Waals surface area contributed by atoms with Crippen molar-refractivity contribution in [3.8, 4) is 0 Å². The van der Waals surface area contributed by atoms with Crippen molar-refractivity contribution in [3.63, 3.8) is 0 Å². The molecule has 0 unspecified atom stereocenters. The Kier molecular flexibility index (Phi) is 2.95. The van der Waals surface area contributed by atoms with E-state index in [1.807, 2.05) is 7.05 Å². The van der Waals surface area contributed by atoms with Crippen LogP contribution < -0.4 is 0 Å². The van der Waals surface area contributed by atoms with Crippen molar-refractivity contribution in [2.45, 2.75) is 6.92 Å². The lowest BCUT2D eigenvalue weighted by molar-refractivity contribution is 0.391.